The van der Waals surface area contributed by atoms with E-state index in [1.165, 1.54) is 0 Å². The zero-order valence-corrected chi connectivity index (χ0v) is 23.5. The summed E-state index contributed by atoms with van der Waals surface area (Å²) in [6, 6.07) is 0. The molecule has 0 aromatic carbocycles. The van der Waals surface area contributed by atoms with Gasteiger partial charge in [-0.1, -0.05) is 0 Å². The summed E-state index contributed by atoms with van der Waals surface area (Å²) >= 11 is 0. The average Bonchev–Trinajstić information content (AvgIpc) is 1.27. The third kappa shape index (κ3) is 36.2. The fraction of sp³-hybridized carbons (Fsp3) is 0. The van der Waals surface area contributed by atoms with E-state index in [0.717, 1.165) is 0 Å². The van der Waals surface area contributed by atoms with Crippen LogP contribution >= 0.6 is 0 Å². The molecule has 12 heteroatoms. The first kappa shape index (κ1) is 36.0. The molecule has 0 heterocycles. The maximum absolute atomic E-state index is 7.74. The third-order valence-corrected chi connectivity index (χ3v) is 0.243. The van der Waals surface area contributed by atoms with Gasteiger partial charge in [0.15, 0.2) is 17.4 Å². The largest absolute Gasteiger partial charge is 0 e. The van der Waals surface area contributed by atoms with Crippen LogP contribution in [0, 0.1) is 0 Å². The smallest absolute Gasteiger partial charge is 0 e. The Kier molecular flexibility index (Phi) is 75.3. The monoisotopic (exact) mass is 690 g/mol. The minimum Gasteiger partial charge on any atom is 0 e. The van der Waals surface area contributed by atoms with Crippen LogP contribution in [0.25, 0.3) is 0 Å². The molecule has 0 spiro atoms. The van der Waals surface area contributed by atoms with Crippen LogP contribution in [0.3, 0.4) is 0 Å². The molecule has 5 nitrogen and oxygen atoms in total. The Morgan fingerprint density at radius 1 is 0.917 bits per heavy atom. The molecule has 0 rings (SSSR count). The van der Waals surface area contributed by atoms with Crippen molar-refractivity contribution in [2.45, 2.75) is 0 Å². The maximum Gasteiger partial charge on any atom is 0 e. The van der Waals surface area contributed by atoms with Crippen LogP contribution in [0.4, 0.5) is 0 Å². The molecule has 0 aromatic heterocycles. The van der Waals surface area contributed by atoms with E-state index < -0.39 is 14.6 Å². The Balaban J connectivity index is -0.00000000500. The molecule has 12 heavy (non-hydrogen) atoms. The number of hydrogen-bond acceptors (Lipinski definition) is 5. The minimum atomic E-state index is -2.13. The van der Waals surface area contributed by atoms with Crippen molar-refractivity contribution in [2.24, 2.45) is 0 Å². The van der Waals surface area contributed by atoms with Crippen molar-refractivity contribution in [2.75, 3.05) is 0 Å². The Labute approximate surface area is 202 Å². The molecule has 0 atom stereocenters. The number of hydrogen-bond donors (Lipinski definition) is 4. The van der Waals surface area contributed by atoms with Gasteiger partial charge in [0.25, 0.3) is 0 Å². The van der Waals surface area contributed by atoms with Crippen LogP contribution in [0.15, 0.2) is 0 Å². The zero-order valence-electron chi connectivity index (χ0n) is 10.2. The SMILES string of the molecule is OB(O)OB(O)O.[AlH3].[Ba+2].[Ba+2].[H-].[H-].[H-].[H-].[PbH2].[Zn]. The molecule has 4 N–H and O–H groups in total. The van der Waals surface area contributed by atoms with Crippen LogP contribution < -0.4 is 0 Å². The zero-order chi connectivity index (χ0) is 5.86. The standard InChI is InChI=1S/Al.B2H4O5.2Ba.Pb.Zn.9H/c;3-1(4)7-2(5)6;;;;;;;;;;;;;/h;3-6H;;;;;;;;;;;;;/q;;2*+2;;;;;;;;4*-1. The van der Waals surface area contributed by atoms with Gasteiger partial charge in [0, 0.05) is 19.5 Å². The summed E-state index contributed by atoms with van der Waals surface area (Å²) in [4.78, 5) is 0. The van der Waals surface area contributed by atoms with Gasteiger partial charge in [-0.05, 0) is 0 Å². The summed E-state index contributed by atoms with van der Waals surface area (Å²) < 4.78 is 3.47. The van der Waals surface area contributed by atoms with Crippen molar-refractivity contribution >= 4 is 157 Å². The van der Waals surface area contributed by atoms with E-state index in [0.29, 0.717) is 0 Å². The second kappa shape index (κ2) is 25.1. The molecule has 2 radical (unpaired) electrons. The molecule has 0 bridgehead atoms. The summed E-state index contributed by atoms with van der Waals surface area (Å²) in [5.74, 6) is 0. The van der Waals surface area contributed by atoms with Crippen molar-refractivity contribution in [3.8, 4) is 0 Å². The predicted molar refractivity (Wildman–Crippen MR) is 55.9 cm³/mol. The summed E-state index contributed by atoms with van der Waals surface area (Å²) in [5, 5.41) is 30.9. The minimum absolute atomic E-state index is 0. The normalized spacial score (nSPS) is 5.00. The van der Waals surface area contributed by atoms with Crippen molar-refractivity contribution < 1.29 is 49.9 Å². The van der Waals surface area contributed by atoms with Gasteiger partial charge in [0.1, 0.15) is 0 Å². The fourth-order valence-electron chi connectivity index (χ4n) is 0.109. The molecule has 62 valence electrons. The van der Waals surface area contributed by atoms with Crippen LogP contribution in [0.1, 0.15) is 5.71 Å². The van der Waals surface area contributed by atoms with Gasteiger partial charge in [0.05, 0.1) is 0 Å². The van der Waals surface area contributed by atoms with E-state index in [9.17, 15) is 0 Å². The first-order valence-corrected chi connectivity index (χ1v) is 1.50. The van der Waals surface area contributed by atoms with E-state index in [-0.39, 0.29) is 168 Å². The summed E-state index contributed by atoms with van der Waals surface area (Å²) in [6.07, 6.45) is 0. The molecular formula is H13AlB2Ba2O5PbZn. The molecule has 0 saturated heterocycles. The molecular weight excluding hydrogens is 676 g/mol. The third-order valence-electron chi connectivity index (χ3n) is 0.243. The van der Waals surface area contributed by atoms with Crippen LogP contribution in [-0.2, 0) is 24.0 Å². The quantitative estimate of drug-likeness (QED) is 0.218. The van der Waals surface area contributed by atoms with Gasteiger partial charge in [-0.25, -0.2) is 0 Å². The van der Waals surface area contributed by atoms with E-state index in [1.54, 1.807) is 0 Å². The van der Waals surface area contributed by atoms with Gasteiger partial charge in [0.2, 0.25) is 0 Å². The predicted octanol–water partition coefficient (Wildman–Crippen LogP) is -5.47. The first-order valence-electron chi connectivity index (χ1n) is 1.50. The fourth-order valence-corrected chi connectivity index (χ4v) is 0.109. The first-order chi connectivity index (χ1) is 3.13. The molecule has 0 fully saturated rings. The topological polar surface area (TPSA) is 90.2 Å². The van der Waals surface area contributed by atoms with Crippen LogP contribution in [-0.4, -0.2) is 177 Å². The maximum atomic E-state index is 7.74. The van der Waals surface area contributed by atoms with E-state index >= 15 is 0 Å². The van der Waals surface area contributed by atoms with Crippen molar-refractivity contribution in [3.63, 3.8) is 0 Å². The molecule has 0 aliphatic heterocycles. The van der Waals surface area contributed by atoms with Gasteiger partial charge in [-0.2, -0.15) is 0 Å². The van der Waals surface area contributed by atoms with Gasteiger partial charge in [-0.15, -0.1) is 0 Å². The summed E-state index contributed by atoms with van der Waals surface area (Å²) in [7, 11) is -4.25. The van der Waals surface area contributed by atoms with Gasteiger partial charge in [-0.3, -0.25) is 0 Å². The Bertz CT molecular complexity index is 69.7. The molecule has 0 unspecified atom stereocenters. The van der Waals surface area contributed by atoms with Gasteiger partial charge < -0.3 is 30.4 Å². The Morgan fingerprint density at radius 3 is 1.08 bits per heavy atom. The van der Waals surface area contributed by atoms with E-state index in [4.69, 9.17) is 20.1 Å². The van der Waals surface area contributed by atoms with Crippen LogP contribution in [0.2, 0.25) is 0 Å². The number of rotatable bonds is 2. The van der Waals surface area contributed by atoms with Crippen molar-refractivity contribution in [3.05, 3.63) is 0 Å². The summed E-state index contributed by atoms with van der Waals surface area (Å²) in [5.41, 5.74) is 0. The van der Waals surface area contributed by atoms with E-state index in [1.807, 2.05) is 0 Å². The van der Waals surface area contributed by atoms with Crippen molar-refractivity contribution in [1.82, 2.24) is 0 Å². The molecule has 0 aromatic rings. The van der Waals surface area contributed by atoms with Crippen molar-refractivity contribution in [1.29, 1.82) is 0 Å². The molecule has 0 aliphatic carbocycles. The second-order valence-corrected chi connectivity index (χ2v) is 0.789. The van der Waals surface area contributed by atoms with Crippen LogP contribution in [0.5, 0.6) is 0 Å². The molecule has 0 saturated carbocycles. The Hall–Kier alpha value is 5.15. The van der Waals surface area contributed by atoms with Gasteiger partial charge >= 0.3 is 140 Å². The molecule has 0 aliphatic rings. The Morgan fingerprint density at radius 2 is 1.08 bits per heavy atom. The second-order valence-electron chi connectivity index (χ2n) is 0.789. The van der Waals surface area contributed by atoms with E-state index in [2.05, 4.69) is 4.57 Å². The summed E-state index contributed by atoms with van der Waals surface area (Å²) in [6.45, 7) is 0. The molecule has 0 amide bonds. The average molecular weight is 689 g/mol.